The normalized spacial score (nSPS) is 11.9. The molecule has 0 amide bonds. The van der Waals surface area contributed by atoms with Crippen molar-refractivity contribution in [2.45, 2.75) is 20.0 Å². The lowest BCUT2D eigenvalue weighted by atomic mass is 10.3. The van der Waals surface area contributed by atoms with E-state index in [0.29, 0.717) is 12.4 Å². The van der Waals surface area contributed by atoms with Crippen molar-refractivity contribution in [1.82, 2.24) is 0 Å². The third-order valence-electron chi connectivity index (χ3n) is 1.84. The highest BCUT2D eigenvalue weighted by Crippen LogP contribution is 2.14. The monoisotopic (exact) mass is 192 g/mol. The van der Waals surface area contributed by atoms with Gasteiger partial charge in [0.2, 0.25) is 0 Å². The van der Waals surface area contributed by atoms with Gasteiger partial charge in [-0.1, -0.05) is 24.8 Å². The first kappa shape index (κ1) is 10.6. The van der Waals surface area contributed by atoms with Gasteiger partial charge in [-0.3, -0.25) is 0 Å². The predicted octanol–water partition coefficient (Wildman–Crippen LogP) is 3.00. The van der Waals surface area contributed by atoms with Gasteiger partial charge >= 0.3 is 0 Å². The van der Waals surface area contributed by atoms with Gasteiger partial charge in [0.1, 0.15) is 11.5 Å². The van der Waals surface area contributed by atoms with Crippen molar-refractivity contribution in [1.29, 1.82) is 0 Å². The maximum atomic E-state index is 5.60. The zero-order chi connectivity index (χ0) is 10.4. The third-order valence-corrected chi connectivity index (χ3v) is 1.84. The summed E-state index contributed by atoms with van der Waals surface area (Å²) in [5.74, 6) is 1.50. The molecular weight excluding hydrogens is 176 g/mol. The number of para-hydroxylation sites is 1. The molecule has 0 saturated carbocycles. The van der Waals surface area contributed by atoms with Crippen molar-refractivity contribution in [3.63, 3.8) is 0 Å². The van der Waals surface area contributed by atoms with E-state index in [4.69, 9.17) is 9.47 Å². The standard InChI is InChI=1S/C12H16O2/c1-4-13-10(2)11(3)14-12-8-6-5-7-9-12/h5-9,11H,2,4H2,1,3H3/t11-/m0/s1. The van der Waals surface area contributed by atoms with Gasteiger partial charge in [0.15, 0.2) is 6.10 Å². The fourth-order valence-electron chi connectivity index (χ4n) is 1.07. The molecule has 0 N–H and O–H groups in total. The highest BCUT2D eigenvalue weighted by molar-refractivity contribution is 5.21. The first-order valence-electron chi connectivity index (χ1n) is 4.77. The molecule has 1 atom stereocenters. The second kappa shape index (κ2) is 5.32. The summed E-state index contributed by atoms with van der Waals surface area (Å²) in [6, 6.07) is 9.65. The van der Waals surface area contributed by atoms with E-state index in [1.165, 1.54) is 0 Å². The fraction of sp³-hybridized carbons (Fsp3) is 0.333. The van der Waals surface area contributed by atoms with Crippen LogP contribution in [0.3, 0.4) is 0 Å². The Bertz CT molecular complexity index is 280. The summed E-state index contributed by atoms with van der Waals surface area (Å²) < 4.78 is 10.9. The summed E-state index contributed by atoms with van der Waals surface area (Å²) in [5, 5.41) is 0. The lowest BCUT2D eigenvalue weighted by molar-refractivity contribution is 0.135. The van der Waals surface area contributed by atoms with Gasteiger partial charge in [0.25, 0.3) is 0 Å². The van der Waals surface area contributed by atoms with E-state index in [9.17, 15) is 0 Å². The number of benzene rings is 1. The Morgan fingerprint density at radius 2 is 2.00 bits per heavy atom. The van der Waals surface area contributed by atoms with Gasteiger partial charge in [-0.25, -0.2) is 0 Å². The number of hydrogen-bond acceptors (Lipinski definition) is 2. The number of hydrogen-bond donors (Lipinski definition) is 0. The SMILES string of the molecule is C=C(OCC)[C@H](C)Oc1ccccc1. The van der Waals surface area contributed by atoms with E-state index in [1.807, 2.05) is 44.2 Å². The molecule has 0 aromatic heterocycles. The molecule has 76 valence electrons. The molecule has 0 fully saturated rings. The predicted molar refractivity (Wildman–Crippen MR) is 57.3 cm³/mol. The molecule has 0 heterocycles. The quantitative estimate of drug-likeness (QED) is 0.668. The van der Waals surface area contributed by atoms with Crippen LogP contribution in [-0.4, -0.2) is 12.7 Å². The van der Waals surface area contributed by atoms with Crippen molar-refractivity contribution >= 4 is 0 Å². The zero-order valence-corrected chi connectivity index (χ0v) is 8.69. The molecule has 0 saturated heterocycles. The Kier molecular flexibility index (Phi) is 4.05. The molecule has 0 spiro atoms. The third kappa shape index (κ3) is 3.13. The molecule has 0 unspecified atom stereocenters. The number of ether oxygens (including phenoxy) is 2. The zero-order valence-electron chi connectivity index (χ0n) is 8.69. The number of rotatable bonds is 5. The fourth-order valence-corrected chi connectivity index (χ4v) is 1.07. The van der Waals surface area contributed by atoms with E-state index in [2.05, 4.69) is 6.58 Å². The second-order valence-electron chi connectivity index (χ2n) is 2.97. The van der Waals surface area contributed by atoms with Gasteiger partial charge in [-0.15, -0.1) is 0 Å². The van der Waals surface area contributed by atoms with Gasteiger partial charge in [0.05, 0.1) is 6.61 Å². The van der Waals surface area contributed by atoms with Crippen LogP contribution < -0.4 is 4.74 Å². The molecule has 1 aromatic carbocycles. The van der Waals surface area contributed by atoms with E-state index in [0.717, 1.165) is 5.75 Å². The molecule has 1 rings (SSSR count). The van der Waals surface area contributed by atoms with Crippen molar-refractivity contribution in [2.75, 3.05) is 6.61 Å². The van der Waals surface area contributed by atoms with Crippen LogP contribution in [0, 0.1) is 0 Å². The van der Waals surface area contributed by atoms with Gasteiger partial charge in [0, 0.05) is 0 Å². The smallest absolute Gasteiger partial charge is 0.152 e. The van der Waals surface area contributed by atoms with Crippen LogP contribution >= 0.6 is 0 Å². The van der Waals surface area contributed by atoms with Crippen LogP contribution in [0.1, 0.15) is 13.8 Å². The minimum Gasteiger partial charge on any atom is -0.495 e. The maximum absolute atomic E-state index is 5.60. The lowest BCUT2D eigenvalue weighted by Crippen LogP contribution is -2.16. The summed E-state index contributed by atoms with van der Waals surface area (Å²) in [7, 11) is 0. The minimum atomic E-state index is -0.114. The molecule has 14 heavy (non-hydrogen) atoms. The van der Waals surface area contributed by atoms with Crippen molar-refractivity contribution in [3.05, 3.63) is 42.7 Å². The van der Waals surface area contributed by atoms with Gasteiger partial charge < -0.3 is 9.47 Å². The van der Waals surface area contributed by atoms with Crippen LogP contribution in [0.4, 0.5) is 0 Å². The average Bonchev–Trinajstić information content (AvgIpc) is 2.19. The Morgan fingerprint density at radius 3 is 2.57 bits per heavy atom. The van der Waals surface area contributed by atoms with Crippen LogP contribution in [0.5, 0.6) is 5.75 Å². The minimum absolute atomic E-state index is 0.114. The average molecular weight is 192 g/mol. The molecule has 0 radical (unpaired) electrons. The summed E-state index contributed by atoms with van der Waals surface area (Å²) in [6.45, 7) is 8.27. The van der Waals surface area contributed by atoms with Gasteiger partial charge in [-0.05, 0) is 26.0 Å². The summed E-state index contributed by atoms with van der Waals surface area (Å²) >= 11 is 0. The maximum Gasteiger partial charge on any atom is 0.152 e. The van der Waals surface area contributed by atoms with Crippen LogP contribution in [-0.2, 0) is 4.74 Å². The van der Waals surface area contributed by atoms with E-state index in [1.54, 1.807) is 0 Å². The van der Waals surface area contributed by atoms with E-state index >= 15 is 0 Å². The van der Waals surface area contributed by atoms with Crippen LogP contribution in [0.2, 0.25) is 0 Å². The second-order valence-corrected chi connectivity index (χ2v) is 2.97. The summed E-state index contributed by atoms with van der Waals surface area (Å²) in [6.07, 6.45) is -0.114. The highest BCUT2D eigenvalue weighted by Gasteiger charge is 2.08. The Labute approximate surface area is 85.2 Å². The first-order chi connectivity index (χ1) is 6.74. The van der Waals surface area contributed by atoms with E-state index < -0.39 is 0 Å². The molecule has 2 nitrogen and oxygen atoms in total. The molecular formula is C12H16O2. The van der Waals surface area contributed by atoms with Crippen LogP contribution in [0.25, 0.3) is 0 Å². The summed E-state index contributed by atoms with van der Waals surface area (Å²) in [4.78, 5) is 0. The Balaban J connectivity index is 2.49. The molecule has 1 aromatic rings. The molecule has 2 heteroatoms. The molecule has 0 aliphatic rings. The van der Waals surface area contributed by atoms with E-state index in [-0.39, 0.29) is 6.10 Å². The van der Waals surface area contributed by atoms with Crippen molar-refractivity contribution < 1.29 is 9.47 Å². The highest BCUT2D eigenvalue weighted by atomic mass is 16.5. The summed E-state index contributed by atoms with van der Waals surface area (Å²) in [5.41, 5.74) is 0. The van der Waals surface area contributed by atoms with Crippen molar-refractivity contribution in [2.24, 2.45) is 0 Å². The topological polar surface area (TPSA) is 18.5 Å². The molecule has 0 aliphatic heterocycles. The first-order valence-corrected chi connectivity index (χ1v) is 4.77. The van der Waals surface area contributed by atoms with Crippen LogP contribution in [0.15, 0.2) is 42.7 Å². The van der Waals surface area contributed by atoms with Crippen molar-refractivity contribution in [3.8, 4) is 5.75 Å². The molecule has 0 aliphatic carbocycles. The lowest BCUT2D eigenvalue weighted by Gasteiger charge is -2.16. The molecule has 0 bridgehead atoms. The van der Waals surface area contributed by atoms with Gasteiger partial charge in [-0.2, -0.15) is 0 Å². The largest absolute Gasteiger partial charge is 0.495 e. The Hall–Kier alpha value is -1.44. The Morgan fingerprint density at radius 1 is 1.36 bits per heavy atom.